The average molecular weight is 329 g/mol. The minimum Gasteiger partial charge on any atom is -0.383 e. The summed E-state index contributed by atoms with van der Waals surface area (Å²) in [5.74, 6) is 0. The van der Waals surface area contributed by atoms with Crippen LogP contribution in [0.3, 0.4) is 0 Å². The Morgan fingerprint density at radius 1 is 1.05 bits per heavy atom. The van der Waals surface area contributed by atoms with Gasteiger partial charge in [-0.05, 0) is 48.9 Å². The molecule has 0 amide bonds. The third kappa shape index (κ3) is 2.73. The molecule has 0 aliphatic carbocycles. The predicted molar refractivity (Wildman–Crippen MR) is 89.3 cm³/mol. The van der Waals surface area contributed by atoms with Gasteiger partial charge in [0.05, 0.1) is 0 Å². The van der Waals surface area contributed by atoms with E-state index in [1.54, 1.807) is 0 Å². The molecule has 20 heavy (non-hydrogen) atoms. The first-order valence-corrected chi connectivity index (χ1v) is 7.57. The van der Waals surface area contributed by atoms with E-state index in [0.29, 0.717) is 0 Å². The van der Waals surface area contributed by atoms with Crippen molar-refractivity contribution in [2.24, 2.45) is 0 Å². The molecular formula is C17H17BrN2. The molecule has 0 radical (unpaired) electrons. The lowest BCUT2D eigenvalue weighted by Gasteiger charge is -2.09. The second-order valence-electron chi connectivity index (χ2n) is 4.95. The summed E-state index contributed by atoms with van der Waals surface area (Å²) in [5, 5.41) is 4.79. The molecular weight excluding hydrogens is 312 g/mol. The quantitative estimate of drug-likeness (QED) is 0.726. The fourth-order valence-corrected chi connectivity index (χ4v) is 2.73. The van der Waals surface area contributed by atoms with Crippen LogP contribution in [0, 0.1) is 6.92 Å². The van der Waals surface area contributed by atoms with Crippen molar-refractivity contribution in [3.8, 4) is 0 Å². The molecule has 0 bridgehead atoms. The van der Waals surface area contributed by atoms with Gasteiger partial charge in [0.1, 0.15) is 0 Å². The van der Waals surface area contributed by atoms with Gasteiger partial charge in [0, 0.05) is 40.3 Å². The van der Waals surface area contributed by atoms with Crippen molar-refractivity contribution < 1.29 is 0 Å². The van der Waals surface area contributed by atoms with E-state index >= 15 is 0 Å². The smallest absolute Gasteiger partial charge is 0.0483 e. The Hall–Kier alpha value is -1.74. The van der Waals surface area contributed by atoms with Crippen molar-refractivity contribution in [1.29, 1.82) is 0 Å². The molecule has 2 nitrogen and oxygen atoms in total. The molecule has 0 aliphatic rings. The predicted octanol–water partition coefficient (Wildman–Crippen LogP) is 4.82. The van der Waals surface area contributed by atoms with Gasteiger partial charge in [-0.3, -0.25) is 0 Å². The van der Waals surface area contributed by atoms with Gasteiger partial charge in [-0.1, -0.05) is 28.1 Å². The number of fused-ring (bicyclic) bond motifs is 1. The van der Waals surface area contributed by atoms with Gasteiger partial charge in [-0.2, -0.15) is 0 Å². The Morgan fingerprint density at radius 2 is 1.85 bits per heavy atom. The van der Waals surface area contributed by atoms with Gasteiger partial charge >= 0.3 is 0 Å². The number of rotatable bonds is 4. The summed E-state index contributed by atoms with van der Waals surface area (Å²) in [6, 6.07) is 16.9. The van der Waals surface area contributed by atoms with Gasteiger partial charge in [0.2, 0.25) is 0 Å². The highest BCUT2D eigenvalue weighted by Gasteiger charge is 2.02. The van der Waals surface area contributed by atoms with E-state index in [2.05, 4.69) is 87.5 Å². The molecule has 0 fully saturated rings. The molecule has 3 heteroatoms. The number of halogens is 1. The molecule has 3 rings (SSSR count). The van der Waals surface area contributed by atoms with Crippen LogP contribution in [-0.2, 0) is 6.54 Å². The molecule has 0 aliphatic heterocycles. The van der Waals surface area contributed by atoms with Crippen LogP contribution in [0.25, 0.3) is 10.9 Å². The van der Waals surface area contributed by atoms with E-state index in [1.165, 1.54) is 16.5 Å². The lowest BCUT2D eigenvalue weighted by atomic mass is 10.1. The van der Waals surface area contributed by atoms with Gasteiger partial charge in [0.15, 0.2) is 0 Å². The van der Waals surface area contributed by atoms with Crippen molar-refractivity contribution in [3.05, 3.63) is 64.8 Å². The molecule has 102 valence electrons. The van der Waals surface area contributed by atoms with Crippen LogP contribution in [0.4, 0.5) is 5.69 Å². The average Bonchev–Trinajstić information content (AvgIpc) is 2.86. The SMILES string of the molecule is Cc1cccc2c1ccn2CCNc1ccc(Br)cc1. The van der Waals surface area contributed by atoms with Gasteiger partial charge < -0.3 is 9.88 Å². The van der Waals surface area contributed by atoms with Gasteiger partial charge in [-0.15, -0.1) is 0 Å². The maximum absolute atomic E-state index is 3.45. The molecule has 0 saturated heterocycles. The summed E-state index contributed by atoms with van der Waals surface area (Å²) < 4.78 is 3.41. The Labute approximate surface area is 127 Å². The van der Waals surface area contributed by atoms with Crippen LogP contribution in [-0.4, -0.2) is 11.1 Å². The number of nitrogens with zero attached hydrogens (tertiary/aromatic N) is 1. The summed E-state index contributed by atoms with van der Waals surface area (Å²) in [6.07, 6.45) is 2.17. The van der Waals surface area contributed by atoms with E-state index in [0.717, 1.165) is 23.2 Å². The van der Waals surface area contributed by atoms with Crippen molar-refractivity contribution in [2.75, 3.05) is 11.9 Å². The van der Waals surface area contributed by atoms with Crippen LogP contribution >= 0.6 is 15.9 Å². The fourth-order valence-electron chi connectivity index (χ4n) is 2.46. The van der Waals surface area contributed by atoms with Crippen LogP contribution in [0.5, 0.6) is 0 Å². The van der Waals surface area contributed by atoms with E-state index in [-0.39, 0.29) is 0 Å². The number of aromatic nitrogens is 1. The zero-order chi connectivity index (χ0) is 13.9. The lowest BCUT2D eigenvalue weighted by Crippen LogP contribution is -2.09. The second kappa shape index (κ2) is 5.71. The van der Waals surface area contributed by atoms with Crippen LogP contribution in [0.15, 0.2) is 59.2 Å². The number of benzene rings is 2. The number of aryl methyl sites for hydroxylation is 1. The lowest BCUT2D eigenvalue weighted by molar-refractivity contribution is 0.757. The minimum atomic E-state index is 0.916. The van der Waals surface area contributed by atoms with Crippen LogP contribution in [0.2, 0.25) is 0 Å². The molecule has 0 unspecified atom stereocenters. The van der Waals surface area contributed by atoms with E-state index in [1.807, 2.05) is 0 Å². The van der Waals surface area contributed by atoms with Crippen LogP contribution in [0.1, 0.15) is 5.56 Å². The first-order valence-electron chi connectivity index (χ1n) is 6.78. The standard InChI is InChI=1S/C17H17BrN2/c1-13-3-2-4-17-16(13)9-11-20(17)12-10-19-15-7-5-14(18)6-8-15/h2-9,11,19H,10,12H2,1H3. The highest BCUT2D eigenvalue weighted by atomic mass is 79.9. The zero-order valence-corrected chi connectivity index (χ0v) is 13.0. The van der Waals surface area contributed by atoms with Gasteiger partial charge in [-0.25, -0.2) is 0 Å². The Kier molecular flexibility index (Phi) is 3.79. The largest absolute Gasteiger partial charge is 0.383 e. The number of anilines is 1. The summed E-state index contributed by atoms with van der Waals surface area (Å²) in [6.45, 7) is 4.04. The first kappa shape index (κ1) is 13.3. The highest BCUT2D eigenvalue weighted by molar-refractivity contribution is 9.10. The summed E-state index contributed by atoms with van der Waals surface area (Å²) in [5.41, 5.74) is 3.80. The third-order valence-electron chi connectivity index (χ3n) is 3.56. The normalized spacial score (nSPS) is 10.9. The monoisotopic (exact) mass is 328 g/mol. The van der Waals surface area contributed by atoms with Crippen LogP contribution < -0.4 is 5.32 Å². The first-order chi connectivity index (χ1) is 9.74. The van der Waals surface area contributed by atoms with E-state index in [9.17, 15) is 0 Å². The molecule has 0 spiro atoms. The highest BCUT2D eigenvalue weighted by Crippen LogP contribution is 2.19. The fraction of sp³-hybridized carbons (Fsp3) is 0.176. The zero-order valence-electron chi connectivity index (χ0n) is 11.4. The van der Waals surface area contributed by atoms with E-state index < -0.39 is 0 Å². The Morgan fingerprint density at radius 3 is 2.65 bits per heavy atom. The molecule has 3 aromatic rings. The molecule has 0 saturated carbocycles. The molecule has 2 aromatic carbocycles. The van der Waals surface area contributed by atoms with Crippen molar-refractivity contribution in [1.82, 2.24) is 4.57 Å². The second-order valence-corrected chi connectivity index (χ2v) is 5.87. The molecule has 0 atom stereocenters. The molecule has 1 aromatic heterocycles. The maximum Gasteiger partial charge on any atom is 0.0483 e. The van der Waals surface area contributed by atoms with Crippen molar-refractivity contribution in [2.45, 2.75) is 13.5 Å². The van der Waals surface area contributed by atoms with Crippen molar-refractivity contribution in [3.63, 3.8) is 0 Å². The number of hydrogen-bond donors (Lipinski definition) is 1. The molecule has 1 N–H and O–H groups in total. The van der Waals surface area contributed by atoms with E-state index in [4.69, 9.17) is 0 Å². The number of nitrogens with one attached hydrogen (secondary N) is 1. The molecule has 1 heterocycles. The Bertz CT molecular complexity index is 713. The van der Waals surface area contributed by atoms with Gasteiger partial charge in [0.25, 0.3) is 0 Å². The summed E-state index contributed by atoms with van der Waals surface area (Å²) in [4.78, 5) is 0. The number of hydrogen-bond acceptors (Lipinski definition) is 1. The topological polar surface area (TPSA) is 17.0 Å². The minimum absolute atomic E-state index is 0.916. The Balaban J connectivity index is 1.68. The van der Waals surface area contributed by atoms with Crippen molar-refractivity contribution >= 4 is 32.5 Å². The maximum atomic E-state index is 3.45. The third-order valence-corrected chi connectivity index (χ3v) is 4.09. The summed E-state index contributed by atoms with van der Waals surface area (Å²) in [7, 11) is 0. The summed E-state index contributed by atoms with van der Waals surface area (Å²) >= 11 is 3.45.